The van der Waals surface area contributed by atoms with Gasteiger partial charge in [-0.3, -0.25) is 4.79 Å². The summed E-state index contributed by atoms with van der Waals surface area (Å²) >= 11 is 2.69. The molecule has 1 atom stereocenters. The first kappa shape index (κ1) is 16.8. The number of carbonyl (C=O) groups excluding carboxylic acids is 1. The third-order valence-corrected chi connectivity index (χ3v) is 8.57. The van der Waals surface area contributed by atoms with Gasteiger partial charge in [0.05, 0.1) is 4.88 Å². The van der Waals surface area contributed by atoms with Crippen LogP contribution >= 0.6 is 22.7 Å². The number of hydrogen-bond donors (Lipinski definition) is 0. The number of rotatable bonds is 4. The Morgan fingerprint density at radius 3 is 2.70 bits per heavy atom. The van der Waals surface area contributed by atoms with Crippen molar-refractivity contribution in [3.63, 3.8) is 0 Å². The molecular formula is C16H19NO3S3. The fraction of sp³-hybridized carbons (Fsp3) is 0.438. The summed E-state index contributed by atoms with van der Waals surface area (Å²) in [5, 5.41) is 3.75. The second kappa shape index (κ2) is 6.47. The Morgan fingerprint density at radius 2 is 2.09 bits per heavy atom. The van der Waals surface area contributed by atoms with Crippen molar-refractivity contribution in [3.05, 3.63) is 38.9 Å². The molecule has 0 bridgehead atoms. The van der Waals surface area contributed by atoms with Gasteiger partial charge < -0.3 is 0 Å². The van der Waals surface area contributed by atoms with Gasteiger partial charge in [0, 0.05) is 19.0 Å². The number of nitrogens with zero attached hydrogens (tertiary/aromatic N) is 1. The summed E-state index contributed by atoms with van der Waals surface area (Å²) < 4.78 is 27.3. The van der Waals surface area contributed by atoms with Gasteiger partial charge in [0.15, 0.2) is 5.78 Å². The third kappa shape index (κ3) is 3.28. The normalized spacial score (nSPS) is 19.8. The first-order valence-corrected chi connectivity index (χ1v) is 10.7. The largest absolute Gasteiger partial charge is 0.293 e. The number of piperidine rings is 1. The molecule has 1 fully saturated rings. The highest BCUT2D eigenvalue weighted by molar-refractivity contribution is 7.91. The van der Waals surface area contributed by atoms with Crippen LogP contribution in [-0.4, -0.2) is 31.6 Å². The lowest BCUT2D eigenvalue weighted by Crippen LogP contribution is -2.42. The van der Waals surface area contributed by atoms with Crippen molar-refractivity contribution < 1.29 is 13.2 Å². The van der Waals surface area contributed by atoms with E-state index < -0.39 is 10.0 Å². The van der Waals surface area contributed by atoms with Crippen LogP contribution in [0.5, 0.6) is 0 Å². The summed E-state index contributed by atoms with van der Waals surface area (Å²) in [6.07, 6.45) is 1.48. The highest BCUT2D eigenvalue weighted by atomic mass is 32.2. The van der Waals surface area contributed by atoms with Crippen molar-refractivity contribution >= 4 is 38.5 Å². The van der Waals surface area contributed by atoms with Crippen LogP contribution in [-0.2, 0) is 10.0 Å². The highest BCUT2D eigenvalue weighted by Gasteiger charge is 2.34. The molecule has 23 heavy (non-hydrogen) atoms. The fourth-order valence-corrected chi connectivity index (χ4v) is 6.70. The Kier molecular flexibility index (Phi) is 4.73. The first-order valence-electron chi connectivity index (χ1n) is 7.53. The molecule has 1 saturated heterocycles. The average Bonchev–Trinajstić information content (AvgIpc) is 3.15. The lowest BCUT2D eigenvalue weighted by atomic mass is 9.93. The summed E-state index contributed by atoms with van der Waals surface area (Å²) in [6, 6.07) is 3.64. The van der Waals surface area contributed by atoms with E-state index in [-0.39, 0.29) is 18.2 Å². The van der Waals surface area contributed by atoms with E-state index in [1.807, 2.05) is 30.7 Å². The summed E-state index contributed by atoms with van der Waals surface area (Å²) in [5.74, 6) is -0.156. The van der Waals surface area contributed by atoms with Crippen LogP contribution in [0.4, 0.5) is 0 Å². The molecule has 0 aromatic carbocycles. The molecule has 3 rings (SSSR count). The van der Waals surface area contributed by atoms with E-state index in [4.69, 9.17) is 0 Å². The van der Waals surface area contributed by atoms with Gasteiger partial charge in [-0.1, -0.05) is 0 Å². The summed E-state index contributed by atoms with van der Waals surface area (Å²) in [6.45, 7) is 4.59. The van der Waals surface area contributed by atoms with E-state index in [0.29, 0.717) is 10.8 Å². The molecule has 4 nitrogen and oxygen atoms in total. The zero-order valence-electron chi connectivity index (χ0n) is 13.1. The Labute approximate surface area is 144 Å². The van der Waals surface area contributed by atoms with Gasteiger partial charge in [0.25, 0.3) is 10.0 Å². The molecule has 0 unspecified atom stereocenters. The van der Waals surface area contributed by atoms with Crippen LogP contribution in [0.25, 0.3) is 0 Å². The van der Waals surface area contributed by atoms with Gasteiger partial charge in [-0.25, -0.2) is 8.42 Å². The molecule has 0 N–H and O–H groups in total. The van der Waals surface area contributed by atoms with Gasteiger partial charge >= 0.3 is 0 Å². The van der Waals surface area contributed by atoms with Crippen LogP contribution < -0.4 is 0 Å². The summed E-state index contributed by atoms with van der Waals surface area (Å²) in [5.41, 5.74) is 1.93. The van der Waals surface area contributed by atoms with Crippen molar-refractivity contribution in [3.8, 4) is 0 Å². The van der Waals surface area contributed by atoms with Crippen molar-refractivity contribution in [2.24, 2.45) is 5.92 Å². The summed E-state index contributed by atoms with van der Waals surface area (Å²) in [7, 11) is -3.48. The molecule has 2 aromatic rings. The molecule has 1 aliphatic rings. The minimum atomic E-state index is -3.48. The van der Waals surface area contributed by atoms with Gasteiger partial charge in [-0.15, -0.1) is 22.7 Å². The van der Waals surface area contributed by atoms with Crippen LogP contribution in [0.1, 0.15) is 33.6 Å². The quantitative estimate of drug-likeness (QED) is 0.772. The molecule has 0 saturated carbocycles. The van der Waals surface area contributed by atoms with Gasteiger partial charge in [0.2, 0.25) is 0 Å². The number of sulfonamides is 1. The molecule has 0 radical (unpaired) electrons. The van der Waals surface area contributed by atoms with E-state index in [2.05, 4.69) is 0 Å². The number of aryl methyl sites for hydroxylation is 2. The fourth-order valence-electron chi connectivity index (χ4n) is 2.85. The van der Waals surface area contributed by atoms with Gasteiger partial charge in [-0.2, -0.15) is 4.31 Å². The Bertz CT molecular complexity index is 819. The van der Waals surface area contributed by atoms with E-state index in [1.165, 1.54) is 27.0 Å². The molecule has 7 heteroatoms. The highest BCUT2D eigenvalue weighted by Crippen LogP contribution is 2.30. The van der Waals surface area contributed by atoms with Crippen LogP contribution in [0.3, 0.4) is 0 Å². The summed E-state index contributed by atoms with van der Waals surface area (Å²) in [4.78, 5) is 13.5. The number of hydrogen-bond acceptors (Lipinski definition) is 5. The lowest BCUT2D eigenvalue weighted by Gasteiger charge is -2.30. The van der Waals surface area contributed by atoms with E-state index in [1.54, 1.807) is 6.07 Å². The number of carbonyl (C=O) groups is 1. The zero-order valence-corrected chi connectivity index (χ0v) is 15.6. The molecular weight excluding hydrogens is 350 g/mol. The maximum absolute atomic E-state index is 12.7. The minimum absolute atomic E-state index is 0.0831. The maximum Gasteiger partial charge on any atom is 0.252 e. The Balaban J connectivity index is 1.81. The second-order valence-electron chi connectivity index (χ2n) is 5.94. The standard InChI is InChI=1S/C16H19NO3S3/c1-11-8-14(22-10-11)23(19,20)17-6-3-4-13(9-17)15(18)16-12(2)5-7-21-16/h5,7-8,10,13H,3-4,6,9H2,1-2H3/t13-/m0/s1. The van der Waals surface area contributed by atoms with Crippen molar-refractivity contribution in [1.29, 1.82) is 0 Å². The number of Topliss-reactive ketones (excluding diaryl/α,β-unsaturated/α-hetero) is 1. The van der Waals surface area contributed by atoms with E-state index in [0.717, 1.165) is 28.8 Å². The van der Waals surface area contributed by atoms with Crippen molar-refractivity contribution in [2.45, 2.75) is 30.9 Å². The monoisotopic (exact) mass is 369 g/mol. The van der Waals surface area contributed by atoms with Gasteiger partial charge in [0.1, 0.15) is 4.21 Å². The predicted octanol–water partition coefficient (Wildman–Crippen LogP) is 3.71. The van der Waals surface area contributed by atoms with E-state index >= 15 is 0 Å². The predicted molar refractivity (Wildman–Crippen MR) is 93.9 cm³/mol. The minimum Gasteiger partial charge on any atom is -0.293 e. The third-order valence-electron chi connectivity index (χ3n) is 4.14. The van der Waals surface area contributed by atoms with Crippen molar-refractivity contribution in [1.82, 2.24) is 4.31 Å². The second-order valence-corrected chi connectivity index (χ2v) is 9.93. The molecule has 1 aliphatic heterocycles. The Hall–Kier alpha value is -1.02. The Morgan fingerprint density at radius 1 is 1.30 bits per heavy atom. The molecule has 3 heterocycles. The van der Waals surface area contributed by atoms with Crippen LogP contribution in [0, 0.1) is 19.8 Å². The first-order chi connectivity index (χ1) is 10.9. The van der Waals surface area contributed by atoms with Crippen LogP contribution in [0.15, 0.2) is 27.1 Å². The SMILES string of the molecule is Cc1csc(S(=O)(=O)N2CCC[C@H](C(=O)c3sccc3C)C2)c1. The molecule has 2 aromatic heterocycles. The zero-order chi connectivity index (χ0) is 16.6. The van der Waals surface area contributed by atoms with Crippen LogP contribution in [0.2, 0.25) is 0 Å². The molecule has 124 valence electrons. The van der Waals surface area contributed by atoms with Crippen molar-refractivity contribution in [2.75, 3.05) is 13.1 Å². The molecule has 0 aliphatic carbocycles. The topological polar surface area (TPSA) is 54.5 Å². The van der Waals surface area contributed by atoms with Gasteiger partial charge in [-0.05, 0) is 60.7 Å². The smallest absolute Gasteiger partial charge is 0.252 e. The number of thiophene rings is 2. The molecule has 0 spiro atoms. The maximum atomic E-state index is 12.7. The van der Waals surface area contributed by atoms with E-state index in [9.17, 15) is 13.2 Å². The average molecular weight is 370 g/mol. The lowest BCUT2D eigenvalue weighted by molar-refractivity contribution is 0.0876. The molecule has 0 amide bonds. The number of ketones is 1.